The molecule has 2 heterocycles. The van der Waals surface area contributed by atoms with Gasteiger partial charge in [-0.1, -0.05) is 12.1 Å². The Morgan fingerprint density at radius 3 is 2.56 bits per heavy atom. The van der Waals surface area contributed by atoms with Crippen LogP contribution in [0.15, 0.2) is 24.3 Å². The van der Waals surface area contributed by atoms with Gasteiger partial charge in [0.15, 0.2) is 0 Å². The highest BCUT2D eigenvalue weighted by Gasteiger charge is 2.46. The van der Waals surface area contributed by atoms with E-state index in [1.807, 2.05) is 12.1 Å². The molecule has 4 rings (SSSR count). The molecule has 3 aliphatic rings. The highest BCUT2D eigenvalue weighted by Crippen LogP contribution is 2.48. The zero-order valence-corrected chi connectivity index (χ0v) is 14.9. The van der Waals surface area contributed by atoms with Crippen LogP contribution >= 0.6 is 0 Å². The normalized spacial score (nSPS) is 31.1. The number of hydrogen-bond donors (Lipinski definition) is 0. The van der Waals surface area contributed by atoms with E-state index in [2.05, 4.69) is 16.7 Å². The highest BCUT2D eigenvalue weighted by atomic mass is 19.1. The van der Waals surface area contributed by atoms with Gasteiger partial charge in [-0.05, 0) is 49.8 Å². The first kappa shape index (κ1) is 17.0. The fourth-order valence-electron chi connectivity index (χ4n) is 4.41. The van der Waals surface area contributed by atoms with E-state index in [1.165, 1.54) is 12.1 Å². The summed E-state index contributed by atoms with van der Waals surface area (Å²) in [6.45, 7) is 6.70. The Balaban J connectivity index is 1.28. The molecule has 0 bridgehead atoms. The van der Waals surface area contributed by atoms with Gasteiger partial charge in [0.2, 0.25) is 5.91 Å². The van der Waals surface area contributed by atoms with Crippen LogP contribution in [0, 0.1) is 11.7 Å². The van der Waals surface area contributed by atoms with Crippen molar-refractivity contribution < 1.29 is 13.9 Å². The Kier molecular flexibility index (Phi) is 4.78. The van der Waals surface area contributed by atoms with Crippen molar-refractivity contribution in [3.05, 3.63) is 35.6 Å². The summed E-state index contributed by atoms with van der Waals surface area (Å²) in [5.74, 6) is 0.464. The summed E-state index contributed by atoms with van der Waals surface area (Å²) < 4.78 is 18.7. The Labute approximate surface area is 148 Å². The van der Waals surface area contributed by atoms with Gasteiger partial charge in [0.1, 0.15) is 5.82 Å². The Hall–Kier alpha value is -1.46. The standard InChI is InChI=1S/C20H27FN2O2/c1-14-13-23(10-11-25-14)17-6-8-22(9-7-17)20(24)19-12-18(19)15-2-4-16(21)5-3-15/h2-5,14,17-19H,6-13H2,1H3/t14-,18-,19-/m1/s1. The molecule has 0 radical (unpaired) electrons. The third-order valence-corrected chi connectivity index (χ3v) is 5.97. The molecule has 2 saturated heterocycles. The molecular weight excluding hydrogens is 319 g/mol. The van der Waals surface area contributed by atoms with Gasteiger partial charge in [-0.15, -0.1) is 0 Å². The predicted molar refractivity (Wildman–Crippen MR) is 93.8 cm³/mol. The van der Waals surface area contributed by atoms with Gasteiger partial charge < -0.3 is 9.64 Å². The maximum atomic E-state index is 13.0. The van der Waals surface area contributed by atoms with Gasteiger partial charge in [0.05, 0.1) is 12.7 Å². The second-order valence-corrected chi connectivity index (χ2v) is 7.73. The van der Waals surface area contributed by atoms with E-state index >= 15 is 0 Å². The fourth-order valence-corrected chi connectivity index (χ4v) is 4.41. The van der Waals surface area contributed by atoms with Crippen molar-refractivity contribution in [2.45, 2.75) is 44.2 Å². The predicted octanol–water partition coefficient (Wildman–Crippen LogP) is 2.64. The van der Waals surface area contributed by atoms with Gasteiger partial charge >= 0.3 is 0 Å². The van der Waals surface area contributed by atoms with Crippen molar-refractivity contribution >= 4 is 5.91 Å². The Bertz CT molecular complexity index is 613. The molecular formula is C20H27FN2O2. The minimum absolute atomic E-state index is 0.102. The SMILES string of the molecule is C[C@@H]1CN(C2CCN(C(=O)[C@@H]3C[C@@H]3c3ccc(F)cc3)CC2)CCO1. The first-order valence-electron chi connectivity index (χ1n) is 9.51. The molecule has 0 N–H and O–H groups in total. The van der Waals surface area contributed by atoms with E-state index < -0.39 is 0 Å². The molecule has 3 atom stereocenters. The number of ether oxygens (including phenoxy) is 1. The molecule has 136 valence electrons. The highest BCUT2D eigenvalue weighted by molar-refractivity contribution is 5.83. The number of nitrogens with zero attached hydrogens (tertiary/aromatic N) is 2. The zero-order chi connectivity index (χ0) is 17.4. The average Bonchev–Trinajstić information content (AvgIpc) is 3.43. The minimum Gasteiger partial charge on any atom is -0.376 e. The number of amides is 1. The number of likely N-dealkylation sites (tertiary alicyclic amines) is 1. The first-order chi connectivity index (χ1) is 12.1. The molecule has 1 aromatic rings. The number of benzene rings is 1. The maximum absolute atomic E-state index is 13.0. The third kappa shape index (κ3) is 3.72. The summed E-state index contributed by atoms with van der Waals surface area (Å²) in [4.78, 5) is 17.4. The summed E-state index contributed by atoms with van der Waals surface area (Å²) >= 11 is 0. The molecule has 1 amide bonds. The van der Waals surface area contributed by atoms with Crippen LogP contribution in [0.4, 0.5) is 4.39 Å². The number of piperidine rings is 1. The van der Waals surface area contributed by atoms with Crippen molar-refractivity contribution in [2.75, 3.05) is 32.8 Å². The average molecular weight is 346 g/mol. The summed E-state index contributed by atoms with van der Waals surface area (Å²) in [6.07, 6.45) is 3.35. The molecule has 1 saturated carbocycles. The molecule has 25 heavy (non-hydrogen) atoms. The maximum Gasteiger partial charge on any atom is 0.226 e. The fraction of sp³-hybridized carbons (Fsp3) is 0.650. The number of halogens is 1. The molecule has 4 nitrogen and oxygen atoms in total. The lowest BCUT2D eigenvalue weighted by Gasteiger charge is -2.41. The smallest absolute Gasteiger partial charge is 0.226 e. The second-order valence-electron chi connectivity index (χ2n) is 7.73. The van der Waals surface area contributed by atoms with Gasteiger partial charge in [-0.25, -0.2) is 4.39 Å². The molecule has 0 spiro atoms. The molecule has 2 aliphatic heterocycles. The zero-order valence-electron chi connectivity index (χ0n) is 14.9. The number of carbonyl (C=O) groups is 1. The molecule has 5 heteroatoms. The minimum atomic E-state index is -0.216. The second kappa shape index (κ2) is 7.04. The molecule has 3 fully saturated rings. The van der Waals surface area contributed by atoms with Crippen LogP contribution in [0.3, 0.4) is 0 Å². The molecule has 0 unspecified atom stereocenters. The summed E-state index contributed by atoms with van der Waals surface area (Å²) in [6, 6.07) is 7.20. The van der Waals surface area contributed by atoms with Gasteiger partial charge in [0.25, 0.3) is 0 Å². The quantitative estimate of drug-likeness (QED) is 0.843. The summed E-state index contributed by atoms with van der Waals surface area (Å²) in [5.41, 5.74) is 1.09. The van der Waals surface area contributed by atoms with Crippen molar-refractivity contribution in [2.24, 2.45) is 5.92 Å². The Morgan fingerprint density at radius 2 is 1.88 bits per heavy atom. The topological polar surface area (TPSA) is 32.8 Å². The summed E-state index contributed by atoms with van der Waals surface area (Å²) in [5, 5.41) is 0. The lowest BCUT2D eigenvalue weighted by Crippen LogP contribution is -2.52. The van der Waals surface area contributed by atoms with E-state index in [0.717, 1.165) is 57.6 Å². The van der Waals surface area contributed by atoms with Crippen LogP contribution < -0.4 is 0 Å². The third-order valence-electron chi connectivity index (χ3n) is 5.97. The van der Waals surface area contributed by atoms with Crippen LogP contribution in [0.2, 0.25) is 0 Å². The number of rotatable bonds is 3. The van der Waals surface area contributed by atoms with Crippen LogP contribution in [-0.2, 0) is 9.53 Å². The van der Waals surface area contributed by atoms with E-state index in [1.54, 1.807) is 0 Å². The lowest BCUT2D eigenvalue weighted by atomic mass is 10.0. The van der Waals surface area contributed by atoms with Crippen LogP contribution in [0.25, 0.3) is 0 Å². The van der Waals surface area contributed by atoms with E-state index in [4.69, 9.17) is 4.74 Å². The van der Waals surface area contributed by atoms with Crippen molar-refractivity contribution in [1.29, 1.82) is 0 Å². The van der Waals surface area contributed by atoms with E-state index in [9.17, 15) is 9.18 Å². The number of morpholine rings is 1. The van der Waals surface area contributed by atoms with Crippen LogP contribution in [-0.4, -0.2) is 60.6 Å². The number of carbonyl (C=O) groups excluding carboxylic acids is 1. The van der Waals surface area contributed by atoms with Crippen molar-refractivity contribution in [3.8, 4) is 0 Å². The number of hydrogen-bond acceptors (Lipinski definition) is 3. The van der Waals surface area contributed by atoms with Gasteiger partial charge in [0, 0.05) is 38.1 Å². The molecule has 1 aliphatic carbocycles. The van der Waals surface area contributed by atoms with Crippen LogP contribution in [0.5, 0.6) is 0 Å². The molecule has 0 aromatic heterocycles. The van der Waals surface area contributed by atoms with E-state index in [0.29, 0.717) is 18.1 Å². The molecule has 1 aromatic carbocycles. The van der Waals surface area contributed by atoms with Crippen LogP contribution in [0.1, 0.15) is 37.7 Å². The lowest BCUT2D eigenvalue weighted by molar-refractivity contribution is -0.134. The summed E-state index contributed by atoms with van der Waals surface area (Å²) in [7, 11) is 0. The van der Waals surface area contributed by atoms with Crippen molar-refractivity contribution in [3.63, 3.8) is 0 Å². The van der Waals surface area contributed by atoms with E-state index in [-0.39, 0.29) is 17.7 Å². The first-order valence-corrected chi connectivity index (χ1v) is 9.51. The largest absolute Gasteiger partial charge is 0.376 e. The Morgan fingerprint density at radius 1 is 1.16 bits per heavy atom. The van der Waals surface area contributed by atoms with Gasteiger partial charge in [-0.3, -0.25) is 9.69 Å². The van der Waals surface area contributed by atoms with Gasteiger partial charge in [-0.2, -0.15) is 0 Å². The van der Waals surface area contributed by atoms with Crippen molar-refractivity contribution in [1.82, 2.24) is 9.80 Å². The monoisotopic (exact) mass is 346 g/mol.